The van der Waals surface area contributed by atoms with Gasteiger partial charge in [0.1, 0.15) is 0 Å². The van der Waals surface area contributed by atoms with Crippen molar-refractivity contribution >= 4 is 16.7 Å². The number of rotatable bonds is 5. The lowest BCUT2D eigenvalue weighted by Gasteiger charge is -2.21. The third-order valence-electron chi connectivity index (χ3n) is 3.31. The number of carbonyl (C=O) groups is 1. The van der Waals surface area contributed by atoms with E-state index in [1.165, 1.54) is 13.0 Å². The van der Waals surface area contributed by atoms with Gasteiger partial charge in [-0.15, -0.1) is 0 Å². The number of hydrogen-bond acceptors (Lipinski definition) is 1. The lowest BCUT2D eigenvalue weighted by atomic mass is 9.92. The summed E-state index contributed by atoms with van der Waals surface area (Å²) >= 11 is 0. The summed E-state index contributed by atoms with van der Waals surface area (Å²) in [5.41, 5.74) is -0.0344. The predicted molar refractivity (Wildman–Crippen MR) is 73.9 cm³/mol. The molecule has 20 heavy (non-hydrogen) atoms. The van der Waals surface area contributed by atoms with Crippen molar-refractivity contribution in [3.63, 3.8) is 0 Å². The van der Waals surface area contributed by atoms with Gasteiger partial charge in [0, 0.05) is 18.4 Å². The number of alkyl halides is 2. The van der Waals surface area contributed by atoms with Gasteiger partial charge < -0.3 is 5.11 Å². The first-order valence-electron chi connectivity index (χ1n) is 6.48. The van der Waals surface area contributed by atoms with Gasteiger partial charge in [-0.3, -0.25) is 4.79 Å². The summed E-state index contributed by atoms with van der Waals surface area (Å²) in [5, 5.41) is 9.95. The smallest absolute Gasteiger partial charge is 0.303 e. The van der Waals surface area contributed by atoms with Gasteiger partial charge in [0.2, 0.25) is 0 Å². The molecule has 1 unspecified atom stereocenters. The van der Waals surface area contributed by atoms with E-state index in [2.05, 4.69) is 0 Å². The molecule has 4 heteroatoms. The SMILES string of the molecule is CC(CC(=O)O)CC(F)(F)c1cccc2ccccc12. The zero-order chi connectivity index (χ0) is 14.8. The van der Waals surface area contributed by atoms with Gasteiger partial charge in [-0.2, -0.15) is 0 Å². The van der Waals surface area contributed by atoms with Crippen LogP contribution in [0.1, 0.15) is 25.3 Å². The molecule has 2 aromatic rings. The monoisotopic (exact) mass is 278 g/mol. The minimum absolute atomic E-state index is 0.0344. The lowest BCUT2D eigenvalue weighted by molar-refractivity contribution is -0.138. The summed E-state index contributed by atoms with van der Waals surface area (Å²) in [7, 11) is 0. The van der Waals surface area contributed by atoms with Gasteiger partial charge in [-0.05, 0) is 16.7 Å². The maximum absolute atomic E-state index is 14.4. The predicted octanol–water partition coefficient (Wildman–Crippen LogP) is 4.43. The van der Waals surface area contributed by atoms with Gasteiger partial charge in [-0.1, -0.05) is 49.4 Å². The molecule has 1 N–H and O–H groups in total. The molecule has 2 nitrogen and oxygen atoms in total. The Morgan fingerprint density at radius 1 is 1.20 bits per heavy atom. The number of aliphatic carboxylic acids is 1. The highest BCUT2D eigenvalue weighted by Crippen LogP contribution is 2.39. The van der Waals surface area contributed by atoms with E-state index in [0.717, 1.165) is 5.39 Å². The molecule has 0 aliphatic heterocycles. The summed E-state index contributed by atoms with van der Waals surface area (Å²) in [6.07, 6.45) is -0.715. The number of benzene rings is 2. The summed E-state index contributed by atoms with van der Waals surface area (Å²) in [6, 6.07) is 11.8. The topological polar surface area (TPSA) is 37.3 Å². The highest BCUT2D eigenvalue weighted by atomic mass is 19.3. The van der Waals surface area contributed by atoms with Crippen LogP contribution >= 0.6 is 0 Å². The molecular weight excluding hydrogens is 262 g/mol. The van der Waals surface area contributed by atoms with Crippen molar-refractivity contribution < 1.29 is 18.7 Å². The first kappa shape index (κ1) is 14.4. The van der Waals surface area contributed by atoms with Crippen molar-refractivity contribution in [2.24, 2.45) is 5.92 Å². The molecule has 0 aliphatic carbocycles. The minimum Gasteiger partial charge on any atom is -0.481 e. The molecule has 0 amide bonds. The summed E-state index contributed by atoms with van der Waals surface area (Å²) in [5.74, 6) is -4.66. The third-order valence-corrected chi connectivity index (χ3v) is 3.31. The van der Waals surface area contributed by atoms with Crippen LogP contribution in [0.5, 0.6) is 0 Å². The number of fused-ring (bicyclic) bond motifs is 1. The van der Waals surface area contributed by atoms with E-state index in [0.29, 0.717) is 5.39 Å². The Morgan fingerprint density at radius 3 is 2.55 bits per heavy atom. The zero-order valence-electron chi connectivity index (χ0n) is 11.1. The minimum atomic E-state index is -3.03. The first-order chi connectivity index (χ1) is 9.40. The second-order valence-corrected chi connectivity index (χ2v) is 5.14. The molecule has 1 atom stereocenters. The third kappa shape index (κ3) is 3.13. The van der Waals surface area contributed by atoms with Crippen LogP contribution in [0.15, 0.2) is 42.5 Å². The largest absolute Gasteiger partial charge is 0.481 e. The molecule has 2 rings (SSSR count). The van der Waals surface area contributed by atoms with E-state index in [1.807, 2.05) is 0 Å². The van der Waals surface area contributed by atoms with Crippen LogP contribution in [0, 0.1) is 5.92 Å². The van der Waals surface area contributed by atoms with Crippen LogP contribution in [0.25, 0.3) is 10.8 Å². The molecule has 0 spiro atoms. The molecule has 0 aromatic heterocycles. The second kappa shape index (κ2) is 5.57. The van der Waals surface area contributed by atoms with Crippen molar-refractivity contribution in [3.8, 4) is 0 Å². The Hall–Kier alpha value is -1.97. The van der Waals surface area contributed by atoms with Crippen LogP contribution in [0.2, 0.25) is 0 Å². The van der Waals surface area contributed by atoms with Crippen LogP contribution in [0.3, 0.4) is 0 Å². The second-order valence-electron chi connectivity index (χ2n) is 5.14. The standard InChI is InChI=1S/C16H16F2O2/c1-11(9-15(19)20)10-16(17,18)14-8-4-6-12-5-2-3-7-13(12)14/h2-8,11H,9-10H2,1H3,(H,19,20). The normalized spacial score (nSPS) is 13.3. The lowest BCUT2D eigenvalue weighted by Crippen LogP contribution is -2.19. The molecule has 0 saturated carbocycles. The Kier molecular flexibility index (Phi) is 4.02. The van der Waals surface area contributed by atoms with Crippen molar-refractivity contribution in [3.05, 3.63) is 48.0 Å². The fourth-order valence-electron chi connectivity index (χ4n) is 2.46. The molecule has 0 aliphatic rings. The number of halogens is 2. The number of carboxylic acid groups (broad SMARTS) is 1. The van der Waals surface area contributed by atoms with E-state index >= 15 is 0 Å². The van der Waals surface area contributed by atoms with E-state index in [9.17, 15) is 13.6 Å². The molecular formula is C16H16F2O2. The highest BCUT2D eigenvalue weighted by Gasteiger charge is 2.35. The van der Waals surface area contributed by atoms with Gasteiger partial charge in [0.05, 0.1) is 0 Å². The maximum Gasteiger partial charge on any atom is 0.303 e. The molecule has 0 radical (unpaired) electrons. The maximum atomic E-state index is 14.4. The van der Waals surface area contributed by atoms with E-state index in [-0.39, 0.29) is 12.0 Å². The van der Waals surface area contributed by atoms with Crippen LogP contribution in [-0.2, 0) is 10.7 Å². The summed E-state index contributed by atoms with van der Waals surface area (Å²) in [6.45, 7) is 1.53. The van der Waals surface area contributed by atoms with E-state index in [1.54, 1.807) is 36.4 Å². The van der Waals surface area contributed by atoms with Crippen LogP contribution in [-0.4, -0.2) is 11.1 Å². The molecule has 0 fully saturated rings. The average molecular weight is 278 g/mol. The van der Waals surface area contributed by atoms with Gasteiger partial charge in [0.25, 0.3) is 5.92 Å². The molecule has 106 valence electrons. The van der Waals surface area contributed by atoms with Gasteiger partial charge >= 0.3 is 5.97 Å². The Morgan fingerprint density at radius 2 is 1.85 bits per heavy atom. The quantitative estimate of drug-likeness (QED) is 0.878. The van der Waals surface area contributed by atoms with Crippen LogP contribution < -0.4 is 0 Å². The summed E-state index contributed by atoms with van der Waals surface area (Å²) in [4.78, 5) is 10.6. The Bertz CT molecular complexity index is 617. The van der Waals surface area contributed by atoms with E-state index < -0.39 is 24.2 Å². The van der Waals surface area contributed by atoms with Gasteiger partial charge in [-0.25, -0.2) is 8.78 Å². The molecule has 0 heterocycles. The number of carboxylic acids is 1. The molecule has 0 saturated heterocycles. The average Bonchev–Trinajstić information content (AvgIpc) is 2.36. The van der Waals surface area contributed by atoms with Crippen molar-refractivity contribution in [1.29, 1.82) is 0 Å². The van der Waals surface area contributed by atoms with Gasteiger partial charge in [0.15, 0.2) is 0 Å². The van der Waals surface area contributed by atoms with Crippen LogP contribution in [0.4, 0.5) is 8.78 Å². The molecule has 0 bridgehead atoms. The van der Waals surface area contributed by atoms with E-state index in [4.69, 9.17) is 5.11 Å². The van der Waals surface area contributed by atoms with Crippen molar-refractivity contribution in [1.82, 2.24) is 0 Å². The van der Waals surface area contributed by atoms with Crippen molar-refractivity contribution in [2.45, 2.75) is 25.7 Å². The zero-order valence-corrected chi connectivity index (χ0v) is 11.1. The number of hydrogen-bond donors (Lipinski definition) is 1. The van der Waals surface area contributed by atoms with Crippen molar-refractivity contribution in [2.75, 3.05) is 0 Å². The highest BCUT2D eigenvalue weighted by molar-refractivity contribution is 5.86. The fraction of sp³-hybridized carbons (Fsp3) is 0.312. The molecule has 2 aromatic carbocycles. The fourth-order valence-corrected chi connectivity index (χ4v) is 2.46. The summed E-state index contributed by atoms with van der Waals surface area (Å²) < 4.78 is 28.8. The Balaban J connectivity index is 2.34. The first-order valence-corrected chi connectivity index (χ1v) is 6.48. The Labute approximate surface area is 116 Å².